The zero-order valence-corrected chi connectivity index (χ0v) is 13.6. The molecule has 2 aromatic rings. The molecule has 1 aliphatic carbocycles. The fourth-order valence-electron chi connectivity index (χ4n) is 3.92. The predicted octanol–water partition coefficient (Wildman–Crippen LogP) is 1.81. The predicted molar refractivity (Wildman–Crippen MR) is 85.7 cm³/mol. The molecule has 6 heteroatoms. The van der Waals surface area contributed by atoms with Crippen molar-refractivity contribution in [3.05, 3.63) is 34.9 Å². The Hall–Kier alpha value is -2.13. The van der Waals surface area contributed by atoms with E-state index in [2.05, 4.69) is 27.8 Å². The highest BCUT2D eigenvalue weighted by atomic mass is 15.3. The molecule has 23 heavy (non-hydrogen) atoms. The van der Waals surface area contributed by atoms with E-state index in [1.807, 2.05) is 10.9 Å². The van der Waals surface area contributed by atoms with Crippen LogP contribution in [0.1, 0.15) is 47.8 Å². The molecule has 0 radical (unpaired) electrons. The van der Waals surface area contributed by atoms with Gasteiger partial charge in [0.15, 0.2) is 0 Å². The minimum atomic E-state index is 0.376. The molecule has 0 spiro atoms. The van der Waals surface area contributed by atoms with Crippen molar-refractivity contribution in [3.63, 3.8) is 0 Å². The maximum absolute atomic E-state index is 8.94. The molecule has 6 nitrogen and oxygen atoms in total. The summed E-state index contributed by atoms with van der Waals surface area (Å²) in [7, 11) is 2.08. The SMILES string of the molecule is Cn1nc2c(c1CN1CCC(n3cc(C#N)cn3)C1)CCCC2. The van der Waals surface area contributed by atoms with Crippen molar-refractivity contribution in [2.24, 2.45) is 7.05 Å². The summed E-state index contributed by atoms with van der Waals surface area (Å²) in [6.07, 6.45) is 9.48. The van der Waals surface area contributed by atoms with Crippen molar-refractivity contribution in [2.75, 3.05) is 13.1 Å². The van der Waals surface area contributed by atoms with E-state index in [1.54, 1.807) is 6.20 Å². The fourth-order valence-corrected chi connectivity index (χ4v) is 3.92. The van der Waals surface area contributed by atoms with Gasteiger partial charge in [-0.05, 0) is 37.7 Å². The Balaban J connectivity index is 1.47. The van der Waals surface area contributed by atoms with Crippen molar-refractivity contribution in [2.45, 2.75) is 44.7 Å². The van der Waals surface area contributed by atoms with Gasteiger partial charge in [-0.2, -0.15) is 15.5 Å². The monoisotopic (exact) mass is 310 g/mol. The van der Waals surface area contributed by atoms with Crippen molar-refractivity contribution in [1.82, 2.24) is 24.5 Å². The summed E-state index contributed by atoms with van der Waals surface area (Å²) >= 11 is 0. The topological polar surface area (TPSA) is 62.7 Å². The van der Waals surface area contributed by atoms with Gasteiger partial charge in [0.1, 0.15) is 6.07 Å². The lowest BCUT2D eigenvalue weighted by Gasteiger charge is -2.18. The van der Waals surface area contributed by atoms with Gasteiger partial charge in [0.2, 0.25) is 0 Å². The molecule has 0 aromatic carbocycles. The summed E-state index contributed by atoms with van der Waals surface area (Å²) in [5.41, 5.74) is 4.84. The molecular formula is C17H22N6. The van der Waals surface area contributed by atoms with Gasteiger partial charge < -0.3 is 0 Å². The Kier molecular flexibility index (Phi) is 3.66. The zero-order chi connectivity index (χ0) is 15.8. The van der Waals surface area contributed by atoms with Gasteiger partial charge in [-0.25, -0.2) is 0 Å². The van der Waals surface area contributed by atoms with E-state index in [9.17, 15) is 0 Å². The van der Waals surface area contributed by atoms with Crippen LogP contribution in [-0.2, 0) is 26.4 Å². The normalized spacial score (nSPS) is 21.3. The molecule has 1 saturated heterocycles. The molecule has 0 N–H and O–H groups in total. The van der Waals surface area contributed by atoms with E-state index in [-0.39, 0.29) is 0 Å². The fraction of sp³-hybridized carbons (Fsp3) is 0.588. The van der Waals surface area contributed by atoms with E-state index in [0.29, 0.717) is 11.6 Å². The van der Waals surface area contributed by atoms with E-state index < -0.39 is 0 Å². The molecule has 2 aliphatic rings. The highest BCUT2D eigenvalue weighted by Gasteiger charge is 2.27. The average molecular weight is 310 g/mol. The average Bonchev–Trinajstić information content (AvgIpc) is 3.27. The molecule has 4 rings (SSSR count). The molecule has 0 amide bonds. The van der Waals surface area contributed by atoms with Crippen LogP contribution in [0.25, 0.3) is 0 Å². The van der Waals surface area contributed by atoms with Gasteiger partial charge in [0.05, 0.1) is 29.2 Å². The third-order valence-corrected chi connectivity index (χ3v) is 5.17. The number of nitrogens with zero attached hydrogens (tertiary/aromatic N) is 6. The highest BCUT2D eigenvalue weighted by molar-refractivity contribution is 5.28. The van der Waals surface area contributed by atoms with Crippen LogP contribution < -0.4 is 0 Å². The van der Waals surface area contributed by atoms with Crippen molar-refractivity contribution in [3.8, 4) is 6.07 Å². The van der Waals surface area contributed by atoms with Gasteiger partial charge in [0.25, 0.3) is 0 Å². The van der Waals surface area contributed by atoms with Crippen LogP contribution >= 0.6 is 0 Å². The lowest BCUT2D eigenvalue weighted by Crippen LogP contribution is -2.23. The summed E-state index contributed by atoms with van der Waals surface area (Å²) in [5, 5.41) is 18.0. The van der Waals surface area contributed by atoms with Crippen LogP contribution in [-0.4, -0.2) is 37.6 Å². The summed E-state index contributed by atoms with van der Waals surface area (Å²) in [6.45, 7) is 3.04. The Morgan fingerprint density at radius 1 is 1.35 bits per heavy atom. The third-order valence-electron chi connectivity index (χ3n) is 5.17. The van der Waals surface area contributed by atoms with Gasteiger partial charge in [0, 0.05) is 32.9 Å². The number of aryl methyl sites for hydroxylation is 2. The summed E-state index contributed by atoms with van der Waals surface area (Å²) in [4.78, 5) is 2.49. The lowest BCUT2D eigenvalue weighted by molar-refractivity contribution is 0.302. The van der Waals surface area contributed by atoms with Gasteiger partial charge in [-0.3, -0.25) is 14.3 Å². The number of nitriles is 1. The number of hydrogen-bond donors (Lipinski definition) is 0. The van der Waals surface area contributed by atoms with Crippen LogP contribution in [0.2, 0.25) is 0 Å². The van der Waals surface area contributed by atoms with Crippen molar-refractivity contribution < 1.29 is 0 Å². The standard InChI is InChI=1S/C17H22N6/c1-21-17(15-4-2-3-5-16(15)20-21)12-22-7-6-14(11-22)23-10-13(8-18)9-19-23/h9-10,14H,2-7,11-12H2,1H3. The smallest absolute Gasteiger partial charge is 0.102 e. The van der Waals surface area contributed by atoms with Gasteiger partial charge >= 0.3 is 0 Å². The number of rotatable bonds is 3. The van der Waals surface area contributed by atoms with Crippen LogP contribution in [0.3, 0.4) is 0 Å². The van der Waals surface area contributed by atoms with Crippen molar-refractivity contribution >= 4 is 0 Å². The molecular weight excluding hydrogens is 288 g/mol. The Bertz CT molecular complexity index is 750. The van der Waals surface area contributed by atoms with Gasteiger partial charge in [-0.15, -0.1) is 0 Å². The minimum Gasteiger partial charge on any atom is -0.295 e. The summed E-state index contributed by atoms with van der Waals surface area (Å²) in [5.74, 6) is 0. The summed E-state index contributed by atoms with van der Waals surface area (Å²) in [6, 6.07) is 2.53. The number of likely N-dealkylation sites (tertiary alicyclic amines) is 1. The van der Waals surface area contributed by atoms with Gasteiger partial charge in [-0.1, -0.05) is 0 Å². The van der Waals surface area contributed by atoms with Crippen LogP contribution in [0.15, 0.2) is 12.4 Å². The molecule has 1 fully saturated rings. The molecule has 0 bridgehead atoms. The maximum atomic E-state index is 8.94. The molecule has 1 aliphatic heterocycles. The quantitative estimate of drug-likeness (QED) is 0.867. The van der Waals surface area contributed by atoms with Crippen LogP contribution in [0.4, 0.5) is 0 Å². The first-order valence-electron chi connectivity index (χ1n) is 8.45. The van der Waals surface area contributed by atoms with Crippen LogP contribution in [0, 0.1) is 11.3 Å². The molecule has 3 heterocycles. The molecule has 120 valence electrons. The lowest BCUT2D eigenvalue weighted by atomic mass is 9.96. The summed E-state index contributed by atoms with van der Waals surface area (Å²) < 4.78 is 4.04. The first-order chi connectivity index (χ1) is 11.2. The molecule has 0 saturated carbocycles. The molecule has 2 aromatic heterocycles. The van der Waals surface area contributed by atoms with Crippen molar-refractivity contribution in [1.29, 1.82) is 5.26 Å². The Morgan fingerprint density at radius 2 is 2.22 bits per heavy atom. The number of fused-ring (bicyclic) bond motifs is 1. The highest BCUT2D eigenvalue weighted by Crippen LogP contribution is 2.27. The first-order valence-corrected chi connectivity index (χ1v) is 8.45. The van der Waals surface area contributed by atoms with E-state index in [4.69, 9.17) is 10.4 Å². The largest absolute Gasteiger partial charge is 0.295 e. The second kappa shape index (κ2) is 5.82. The Morgan fingerprint density at radius 3 is 3.04 bits per heavy atom. The zero-order valence-electron chi connectivity index (χ0n) is 13.6. The minimum absolute atomic E-state index is 0.376. The third kappa shape index (κ3) is 2.66. The maximum Gasteiger partial charge on any atom is 0.102 e. The Labute approximate surface area is 136 Å². The van der Waals surface area contributed by atoms with E-state index in [0.717, 1.165) is 32.5 Å². The number of hydrogen-bond acceptors (Lipinski definition) is 4. The van der Waals surface area contributed by atoms with Crippen LogP contribution in [0.5, 0.6) is 0 Å². The second-order valence-electron chi connectivity index (χ2n) is 6.70. The first kappa shape index (κ1) is 14.5. The molecule has 1 unspecified atom stereocenters. The molecule has 1 atom stereocenters. The number of aromatic nitrogens is 4. The second-order valence-corrected chi connectivity index (χ2v) is 6.70. The van der Waals surface area contributed by atoms with E-state index in [1.165, 1.54) is 36.2 Å². The van der Waals surface area contributed by atoms with E-state index >= 15 is 0 Å².